The van der Waals surface area contributed by atoms with Crippen molar-refractivity contribution in [3.63, 3.8) is 0 Å². The van der Waals surface area contributed by atoms with Crippen LogP contribution in [0.5, 0.6) is 0 Å². The zero-order valence-corrected chi connectivity index (χ0v) is 21.8. The van der Waals surface area contributed by atoms with E-state index in [9.17, 15) is 18.0 Å². The van der Waals surface area contributed by atoms with Gasteiger partial charge in [-0.2, -0.15) is 18.3 Å². The average molecular weight is 515 g/mol. The Morgan fingerprint density at radius 1 is 1.03 bits per heavy atom. The van der Waals surface area contributed by atoms with E-state index in [2.05, 4.69) is 31.4 Å². The molecule has 4 saturated carbocycles. The molecule has 7 rings (SSSR count). The van der Waals surface area contributed by atoms with Crippen LogP contribution in [0.15, 0.2) is 36.5 Å². The van der Waals surface area contributed by atoms with E-state index in [1.165, 1.54) is 31.4 Å². The van der Waals surface area contributed by atoms with Gasteiger partial charge < -0.3 is 5.32 Å². The van der Waals surface area contributed by atoms with Crippen LogP contribution in [0.1, 0.15) is 94.5 Å². The highest BCUT2D eigenvalue weighted by Crippen LogP contribution is 2.55. The summed E-state index contributed by atoms with van der Waals surface area (Å²) in [6.45, 7) is 6.17. The fourth-order valence-corrected chi connectivity index (χ4v) is 8.02. The van der Waals surface area contributed by atoms with Crippen molar-refractivity contribution in [2.24, 2.45) is 17.8 Å². The van der Waals surface area contributed by atoms with Gasteiger partial charge in [0.1, 0.15) is 0 Å². The van der Waals surface area contributed by atoms with Gasteiger partial charge >= 0.3 is 6.18 Å². The highest BCUT2D eigenvalue weighted by atomic mass is 19.4. The lowest BCUT2D eigenvalue weighted by Crippen LogP contribution is -2.62. The number of hydrogen-bond donors (Lipinski definition) is 2. The molecule has 0 unspecified atom stereocenters. The number of benzene rings is 1. The molecule has 2 aromatic rings. The molecule has 0 spiro atoms. The van der Waals surface area contributed by atoms with Crippen LogP contribution in [-0.4, -0.2) is 27.3 Å². The third-order valence-electron chi connectivity index (χ3n) is 9.27. The summed E-state index contributed by atoms with van der Waals surface area (Å²) in [7, 11) is 0. The van der Waals surface area contributed by atoms with Crippen molar-refractivity contribution in [2.45, 2.75) is 101 Å². The number of carbonyl (C=O) groups is 1. The average Bonchev–Trinajstić information content (AvgIpc) is 3.45. The van der Waals surface area contributed by atoms with Crippen LogP contribution in [0.4, 0.5) is 13.2 Å². The molecular weight excluding hydrogens is 477 g/mol. The van der Waals surface area contributed by atoms with Gasteiger partial charge in [0.2, 0.25) is 5.91 Å². The van der Waals surface area contributed by atoms with Crippen LogP contribution in [0.3, 0.4) is 0 Å². The Balaban J connectivity index is 1.28. The van der Waals surface area contributed by atoms with Crippen molar-refractivity contribution in [3.8, 4) is 0 Å². The molecule has 1 aliphatic heterocycles. The van der Waals surface area contributed by atoms with Crippen molar-refractivity contribution < 1.29 is 18.0 Å². The Morgan fingerprint density at radius 2 is 1.68 bits per heavy atom. The topological polar surface area (TPSA) is 59.0 Å². The quantitative estimate of drug-likeness (QED) is 0.532. The second-order valence-electron chi connectivity index (χ2n) is 13.2. The summed E-state index contributed by atoms with van der Waals surface area (Å²) >= 11 is 0. The summed E-state index contributed by atoms with van der Waals surface area (Å²) in [6.07, 6.45) is 5.08. The summed E-state index contributed by atoms with van der Waals surface area (Å²) in [5.41, 5.74) is 0.341. The van der Waals surface area contributed by atoms with Gasteiger partial charge in [-0.05, 0) is 107 Å². The van der Waals surface area contributed by atoms with E-state index in [-0.39, 0.29) is 22.9 Å². The zero-order valence-electron chi connectivity index (χ0n) is 21.8. The van der Waals surface area contributed by atoms with Gasteiger partial charge in [0.25, 0.3) is 0 Å². The van der Waals surface area contributed by atoms with Crippen LogP contribution in [0.2, 0.25) is 0 Å². The van der Waals surface area contributed by atoms with Crippen molar-refractivity contribution >= 4 is 5.91 Å². The Morgan fingerprint density at radius 3 is 2.24 bits per heavy atom. The maximum atomic E-state index is 13.7. The minimum Gasteiger partial charge on any atom is -0.349 e. The van der Waals surface area contributed by atoms with Gasteiger partial charge in [-0.3, -0.25) is 14.8 Å². The molecule has 4 bridgehead atoms. The molecule has 0 radical (unpaired) electrons. The number of nitrogens with zero attached hydrogens (tertiary/aromatic N) is 2. The van der Waals surface area contributed by atoms with Crippen LogP contribution in [0, 0.1) is 17.8 Å². The Kier molecular flexibility index (Phi) is 5.79. The van der Waals surface area contributed by atoms with Crippen molar-refractivity contribution in [1.29, 1.82) is 0 Å². The van der Waals surface area contributed by atoms with Gasteiger partial charge in [0.15, 0.2) is 0 Å². The number of nitrogens with one attached hydrogen (secondary N) is 2. The molecule has 37 heavy (non-hydrogen) atoms. The minimum absolute atomic E-state index is 0.0170. The summed E-state index contributed by atoms with van der Waals surface area (Å²) in [6, 6.07) is 6.52. The molecule has 5 fully saturated rings. The van der Waals surface area contributed by atoms with Crippen LogP contribution in [0.25, 0.3) is 0 Å². The molecule has 2 heterocycles. The maximum Gasteiger partial charge on any atom is 0.416 e. The first-order chi connectivity index (χ1) is 17.4. The van der Waals surface area contributed by atoms with Gasteiger partial charge in [-0.1, -0.05) is 12.1 Å². The molecule has 1 amide bonds. The molecule has 5 nitrogen and oxygen atoms in total. The SMILES string of the molecule is CC(C)(C)n1ccc([C@@H]2C[C@@H](C(=O)NC34CC5CC(CC(C5)C3)C4)N[C@H]2c2cccc(C(F)(F)F)c2)n1. The van der Waals surface area contributed by atoms with E-state index < -0.39 is 23.8 Å². The van der Waals surface area contributed by atoms with E-state index in [1.54, 1.807) is 6.07 Å². The summed E-state index contributed by atoms with van der Waals surface area (Å²) in [4.78, 5) is 13.7. The summed E-state index contributed by atoms with van der Waals surface area (Å²) in [5.74, 6) is 1.93. The predicted molar refractivity (Wildman–Crippen MR) is 135 cm³/mol. The predicted octanol–water partition coefficient (Wildman–Crippen LogP) is 5.93. The van der Waals surface area contributed by atoms with E-state index in [1.807, 2.05) is 16.9 Å². The molecule has 4 aliphatic carbocycles. The van der Waals surface area contributed by atoms with Crippen LogP contribution in [-0.2, 0) is 16.5 Å². The van der Waals surface area contributed by atoms with E-state index >= 15 is 0 Å². The van der Waals surface area contributed by atoms with Gasteiger partial charge in [0, 0.05) is 23.7 Å². The number of amides is 1. The second-order valence-corrected chi connectivity index (χ2v) is 13.2. The first-order valence-corrected chi connectivity index (χ1v) is 13.7. The van der Waals surface area contributed by atoms with E-state index in [0.717, 1.165) is 48.8 Å². The van der Waals surface area contributed by atoms with Crippen molar-refractivity contribution in [1.82, 2.24) is 20.4 Å². The first-order valence-electron chi connectivity index (χ1n) is 13.7. The number of halogens is 3. The summed E-state index contributed by atoms with van der Waals surface area (Å²) in [5, 5.41) is 11.7. The Hall–Kier alpha value is -2.35. The van der Waals surface area contributed by atoms with E-state index in [0.29, 0.717) is 12.0 Å². The molecule has 1 saturated heterocycles. The summed E-state index contributed by atoms with van der Waals surface area (Å²) < 4.78 is 42.5. The number of rotatable bonds is 4. The lowest BCUT2D eigenvalue weighted by Gasteiger charge is -2.57. The van der Waals surface area contributed by atoms with E-state index in [4.69, 9.17) is 5.10 Å². The lowest BCUT2D eigenvalue weighted by molar-refractivity contribution is -0.137. The second kappa shape index (κ2) is 8.58. The lowest BCUT2D eigenvalue weighted by atomic mass is 9.53. The molecule has 5 aliphatic rings. The Bertz CT molecular complexity index is 1150. The fraction of sp³-hybridized carbons (Fsp3) is 0.655. The number of alkyl halides is 3. The van der Waals surface area contributed by atoms with Crippen LogP contribution >= 0.6 is 0 Å². The third kappa shape index (κ3) is 4.70. The number of carbonyl (C=O) groups excluding carboxylic acids is 1. The molecular formula is C29H37F3N4O. The van der Waals surface area contributed by atoms with Crippen molar-refractivity contribution in [2.75, 3.05) is 0 Å². The minimum atomic E-state index is -4.42. The van der Waals surface area contributed by atoms with Gasteiger partial charge in [-0.25, -0.2) is 0 Å². The fourth-order valence-electron chi connectivity index (χ4n) is 8.02. The molecule has 2 N–H and O–H groups in total. The van der Waals surface area contributed by atoms with Crippen LogP contribution < -0.4 is 10.6 Å². The highest BCUT2D eigenvalue weighted by molar-refractivity contribution is 5.83. The van der Waals surface area contributed by atoms with Crippen molar-refractivity contribution in [3.05, 3.63) is 53.3 Å². The van der Waals surface area contributed by atoms with Gasteiger partial charge in [0.05, 0.1) is 22.8 Å². The number of aromatic nitrogens is 2. The smallest absolute Gasteiger partial charge is 0.349 e. The van der Waals surface area contributed by atoms with Gasteiger partial charge in [-0.15, -0.1) is 0 Å². The molecule has 8 heteroatoms. The molecule has 200 valence electrons. The molecule has 3 atom stereocenters. The highest BCUT2D eigenvalue weighted by Gasteiger charge is 2.52. The maximum absolute atomic E-state index is 13.7. The Labute approximate surface area is 216 Å². The zero-order chi connectivity index (χ0) is 26.2. The standard InChI is InChI=1S/C29H37F3N4O/c1-27(2,3)36-8-7-23(35-36)22-13-24(33-25(22)20-5-4-6-21(12-20)29(30,31)32)26(37)34-28-14-17-9-18(15-28)11-19(10-17)16-28/h4-8,12,17-19,22,24-25,33H,9-11,13-16H2,1-3H3,(H,34,37)/t17?,18?,19?,22-,24-,25-,28?/m0/s1. The third-order valence-corrected chi connectivity index (χ3v) is 9.27. The normalized spacial score (nSPS) is 35.2. The monoisotopic (exact) mass is 514 g/mol. The largest absolute Gasteiger partial charge is 0.416 e. The number of hydrogen-bond acceptors (Lipinski definition) is 3. The molecule has 1 aromatic heterocycles. The molecule has 1 aromatic carbocycles. The first kappa shape index (κ1) is 25.0.